The molecule has 0 atom stereocenters. The van der Waals surface area contributed by atoms with Gasteiger partial charge in [0, 0.05) is 44.7 Å². The van der Waals surface area contributed by atoms with Crippen molar-refractivity contribution in [1.29, 1.82) is 0 Å². The van der Waals surface area contributed by atoms with E-state index < -0.39 is 0 Å². The average Bonchev–Trinajstić information content (AvgIpc) is 3.74. The summed E-state index contributed by atoms with van der Waals surface area (Å²) in [4.78, 5) is 6.94. The standard InChI is InChI=1S/C45H28N2O2/c1-2-9-32-26-33(17-16-29(32)8-1)30-18-22-35(23-19-30)47(41-13-7-12-39-37-10-3-5-14-42(37)48-44(39)41)36-24-20-31(21-25-36)34-27-40-38-11-4-6-15-43(38)49-45(40)46-28-34/h1-28H. The van der Waals surface area contributed by atoms with Crippen molar-refractivity contribution in [2.45, 2.75) is 0 Å². The molecule has 7 aromatic carbocycles. The van der Waals surface area contributed by atoms with Crippen LogP contribution in [0.5, 0.6) is 0 Å². The molecule has 0 saturated carbocycles. The molecule has 0 spiro atoms. The summed E-state index contributed by atoms with van der Waals surface area (Å²) >= 11 is 0. The average molecular weight is 629 g/mol. The Balaban J connectivity index is 1.09. The summed E-state index contributed by atoms with van der Waals surface area (Å²) < 4.78 is 12.5. The summed E-state index contributed by atoms with van der Waals surface area (Å²) in [5, 5.41) is 6.76. The molecule has 230 valence electrons. The lowest BCUT2D eigenvalue weighted by molar-refractivity contribution is 0.654. The lowest BCUT2D eigenvalue weighted by atomic mass is 10.0. The summed E-state index contributed by atoms with van der Waals surface area (Å²) in [6.45, 7) is 0. The van der Waals surface area contributed by atoms with Gasteiger partial charge in [-0.25, -0.2) is 4.98 Å². The molecule has 10 rings (SSSR count). The molecule has 4 nitrogen and oxygen atoms in total. The number of nitrogens with zero attached hydrogens (tertiary/aromatic N) is 2. The summed E-state index contributed by atoms with van der Waals surface area (Å²) in [6.07, 6.45) is 1.89. The summed E-state index contributed by atoms with van der Waals surface area (Å²) in [5.41, 5.74) is 10.8. The van der Waals surface area contributed by atoms with Crippen LogP contribution in [-0.2, 0) is 0 Å². The number of anilines is 3. The van der Waals surface area contributed by atoms with Crippen molar-refractivity contribution in [2.75, 3.05) is 4.90 Å². The van der Waals surface area contributed by atoms with Crippen molar-refractivity contribution in [2.24, 2.45) is 0 Å². The minimum atomic E-state index is 0.652. The SMILES string of the molecule is c1ccc2cc(-c3ccc(N(c4ccc(-c5cnc6oc7ccccc7c6c5)cc4)c4cccc5c4oc4ccccc45)cc3)ccc2c1. The van der Waals surface area contributed by atoms with Gasteiger partial charge in [0.2, 0.25) is 5.71 Å². The Hall–Kier alpha value is -6.65. The maximum Gasteiger partial charge on any atom is 0.227 e. The van der Waals surface area contributed by atoms with Gasteiger partial charge < -0.3 is 13.7 Å². The Morgan fingerprint density at radius 3 is 1.76 bits per heavy atom. The van der Waals surface area contributed by atoms with Crippen LogP contribution in [-0.4, -0.2) is 4.98 Å². The summed E-state index contributed by atoms with van der Waals surface area (Å²) in [6, 6.07) is 57.5. The molecule has 3 heterocycles. The molecule has 0 aliphatic rings. The van der Waals surface area contributed by atoms with Gasteiger partial charge in [-0.1, -0.05) is 109 Å². The van der Waals surface area contributed by atoms with Crippen LogP contribution in [0.15, 0.2) is 179 Å². The van der Waals surface area contributed by atoms with Crippen LogP contribution in [0.4, 0.5) is 17.1 Å². The van der Waals surface area contributed by atoms with E-state index in [1.165, 1.54) is 21.9 Å². The number of para-hydroxylation sites is 3. The number of hydrogen-bond acceptors (Lipinski definition) is 4. The van der Waals surface area contributed by atoms with Gasteiger partial charge in [0.1, 0.15) is 11.2 Å². The minimum absolute atomic E-state index is 0.652. The molecular weight excluding hydrogens is 601 g/mol. The second kappa shape index (κ2) is 11.0. The van der Waals surface area contributed by atoms with E-state index in [1.54, 1.807) is 0 Å². The highest BCUT2D eigenvalue weighted by Crippen LogP contribution is 2.43. The predicted molar refractivity (Wildman–Crippen MR) is 202 cm³/mol. The van der Waals surface area contributed by atoms with Crippen molar-refractivity contribution in [3.8, 4) is 22.3 Å². The van der Waals surface area contributed by atoms with E-state index in [-0.39, 0.29) is 0 Å². The number of aromatic nitrogens is 1. The number of hydrogen-bond donors (Lipinski definition) is 0. The molecular formula is C45H28N2O2. The van der Waals surface area contributed by atoms with E-state index >= 15 is 0 Å². The van der Waals surface area contributed by atoms with Crippen molar-refractivity contribution < 1.29 is 8.83 Å². The Kier molecular flexibility index (Phi) is 6.15. The lowest BCUT2D eigenvalue weighted by Crippen LogP contribution is -2.10. The van der Waals surface area contributed by atoms with Gasteiger partial charge in [0.25, 0.3) is 0 Å². The fourth-order valence-electron chi connectivity index (χ4n) is 7.08. The number of rotatable bonds is 5. The molecule has 0 aliphatic heterocycles. The third-order valence-corrected chi connectivity index (χ3v) is 9.53. The molecule has 4 heteroatoms. The van der Waals surface area contributed by atoms with Crippen LogP contribution in [0, 0.1) is 0 Å². The van der Waals surface area contributed by atoms with Gasteiger partial charge in [-0.3, -0.25) is 0 Å². The number of fused-ring (bicyclic) bond motifs is 7. The molecule has 0 saturated heterocycles. The molecule has 0 radical (unpaired) electrons. The highest BCUT2D eigenvalue weighted by atomic mass is 16.3. The van der Waals surface area contributed by atoms with Gasteiger partial charge in [0.05, 0.1) is 5.69 Å². The second-order valence-electron chi connectivity index (χ2n) is 12.4. The molecule has 3 aromatic heterocycles. The van der Waals surface area contributed by atoms with Crippen molar-refractivity contribution >= 4 is 71.8 Å². The third kappa shape index (κ3) is 4.57. The Morgan fingerprint density at radius 1 is 0.408 bits per heavy atom. The van der Waals surface area contributed by atoms with Crippen LogP contribution in [0.2, 0.25) is 0 Å². The van der Waals surface area contributed by atoms with E-state index in [0.717, 1.165) is 66.5 Å². The Labute approximate surface area is 282 Å². The van der Waals surface area contributed by atoms with Crippen LogP contribution in [0.1, 0.15) is 0 Å². The minimum Gasteiger partial charge on any atom is -0.454 e. The maximum atomic E-state index is 6.54. The zero-order valence-electron chi connectivity index (χ0n) is 26.4. The zero-order chi connectivity index (χ0) is 32.3. The molecule has 49 heavy (non-hydrogen) atoms. The summed E-state index contributed by atoms with van der Waals surface area (Å²) in [5.74, 6) is 0. The number of benzene rings is 7. The first kappa shape index (κ1) is 27.5. The van der Waals surface area contributed by atoms with E-state index in [0.29, 0.717) is 5.71 Å². The molecule has 0 unspecified atom stereocenters. The molecule has 0 bridgehead atoms. The topological polar surface area (TPSA) is 42.4 Å². The Bertz CT molecular complexity index is 2830. The highest BCUT2D eigenvalue weighted by molar-refractivity contribution is 6.10. The van der Waals surface area contributed by atoms with Gasteiger partial charge in [-0.05, 0) is 82.1 Å². The zero-order valence-corrected chi connectivity index (χ0v) is 26.4. The van der Waals surface area contributed by atoms with E-state index in [1.807, 2.05) is 36.5 Å². The molecule has 0 amide bonds. The van der Waals surface area contributed by atoms with Crippen molar-refractivity contribution in [1.82, 2.24) is 4.98 Å². The molecule has 0 fully saturated rings. The van der Waals surface area contributed by atoms with Gasteiger partial charge in [-0.15, -0.1) is 0 Å². The normalized spacial score (nSPS) is 11.7. The van der Waals surface area contributed by atoms with Gasteiger partial charge in [-0.2, -0.15) is 0 Å². The predicted octanol–water partition coefficient (Wildman–Crippen LogP) is 12.8. The van der Waals surface area contributed by atoms with Crippen molar-refractivity contribution in [3.63, 3.8) is 0 Å². The maximum absolute atomic E-state index is 6.54. The quantitative estimate of drug-likeness (QED) is 0.190. The first-order valence-corrected chi connectivity index (χ1v) is 16.4. The fraction of sp³-hybridized carbons (Fsp3) is 0. The van der Waals surface area contributed by atoms with E-state index in [4.69, 9.17) is 8.83 Å². The molecule has 0 aliphatic carbocycles. The smallest absolute Gasteiger partial charge is 0.227 e. The number of furan rings is 2. The third-order valence-electron chi connectivity index (χ3n) is 9.53. The van der Waals surface area contributed by atoms with Crippen LogP contribution in [0.3, 0.4) is 0 Å². The molecule has 10 aromatic rings. The van der Waals surface area contributed by atoms with E-state index in [9.17, 15) is 0 Å². The first-order valence-electron chi connectivity index (χ1n) is 16.4. The van der Waals surface area contributed by atoms with Crippen LogP contribution >= 0.6 is 0 Å². The van der Waals surface area contributed by atoms with Gasteiger partial charge >= 0.3 is 0 Å². The van der Waals surface area contributed by atoms with Crippen molar-refractivity contribution in [3.05, 3.63) is 170 Å². The van der Waals surface area contributed by atoms with E-state index in [2.05, 4.69) is 143 Å². The van der Waals surface area contributed by atoms with Gasteiger partial charge in [0.15, 0.2) is 5.58 Å². The fourth-order valence-corrected chi connectivity index (χ4v) is 7.08. The monoisotopic (exact) mass is 628 g/mol. The number of pyridine rings is 1. The van der Waals surface area contributed by atoms with Crippen LogP contribution < -0.4 is 4.90 Å². The first-order chi connectivity index (χ1) is 24.3. The Morgan fingerprint density at radius 2 is 1.00 bits per heavy atom. The summed E-state index contributed by atoms with van der Waals surface area (Å²) in [7, 11) is 0. The van der Waals surface area contributed by atoms with Crippen LogP contribution in [0.25, 0.3) is 77.0 Å². The molecule has 0 N–H and O–H groups in total. The highest BCUT2D eigenvalue weighted by Gasteiger charge is 2.20. The largest absolute Gasteiger partial charge is 0.454 e. The lowest BCUT2D eigenvalue weighted by Gasteiger charge is -2.26. The second-order valence-corrected chi connectivity index (χ2v) is 12.4.